The van der Waals surface area contributed by atoms with E-state index in [1.165, 1.54) is 11.2 Å². The lowest BCUT2D eigenvalue weighted by Gasteiger charge is -2.23. The second-order valence-electron chi connectivity index (χ2n) is 7.12. The van der Waals surface area contributed by atoms with Gasteiger partial charge in [0, 0.05) is 24.5 Å². The Morgan fingerprint density at radius 2 is 1.90 bits per heavy atom. The molecule has 2 aromatic heterocycles. The number of furan rings is 1. The summed E-state index contributed by atoms with van der Waals surface area (Å²) in [5.41, 5.74) is 3.14. The van der Waals surface area contributed by atoms with Crippen LogP contribution < -0.4 is 0 Å². The number of amides is 1. The highest BCUT2D eigenvalue weighted by Gasteiger charge is 2.47. The fourth-order valence-corrected chi connectivity index (χ4v) is 3.61. The van der Waals surface area contributed by atoms with Crippen molar-refractivity contribution in [2.75, 3.05) is 0 Å². The van der Waals surface area contributed by atoms with Gasteiger partial charge in [-0.1, -0.05) is 17.7 Å². The van der Waals surface area contributed by atoms with Crippen molar-refractivity contribution < 1.29 is 19.1 Å². The van der Waals surface area contributed by atoms with Crippen molar-refractivity contribution in [1.82, 2.24) is 9.88 Å². The molecule has 1 saturated heterocycles. The van der Waals surface area contributed by atoms with Crippen molar-refractivity contribution in [1.29, 1.82) is 0 Å². The molecule has 1 aromatic carbocycles. The average molecular weight is 388 g/mol. The average Bonchev–Trinajstić information content (AvgIpc) is 3.33. The second-order valence-corrected chi connectivity index (χ2v) is 7.12. The van der Waals surface area contributed by atoms with Gasteiger partial charge in [0.1, 0.15) is 17.6 Å². The molecule has 0 radical (unpaired) electrons. The first-order chi connectivity index (χ1) is 14.0. The van der Waals surface area contributed by atoms with Gasteiger partial charge in [-0.05, 0) is 55.3 Å². The molecule has 0 bridgehead atoms. The molecule has 1 N–H and O–H groups in total. The molecule has 0 aliphatic carbocycles. The Morgan fingerprint density at radius 1 is 1.14 bits per heavy atom. The van der Waals surface area contributed by atoms with Crippen molar-refractivity contribution in [3.63, 3.8) is 0 Å². The maximum atomic E-state index is 13.0. The van der Waals surface area contributed by atoms with Crippen molar-refractivity contribution in [3.8, 4) is 0 Å². The van der Waals surface area contributed by atoms with E-state index in [2.05, 4.69) is 4.98 Å². The smallest absolute Gasteiger partial charge is 0.296 e. The number of hydrogen-bond acceptors (Lipinski definition) is 5. The number of rotatable bonds is 4. The molecule has 6 heteroatoms. The van der Waals surface area contributed by atoms with Gasteiger partial charge in [0.05, 0.1) is 11.8 Å². The lowest BCUT2D eigenvalue weighted by molar-refractivity contribution is -0.140. The molecule has 1 unspecified atom stereocenters. The van der Waals surface area contributed by atoms with Gasteiger partial charge in [-0.15, -0.1) is 0 Å². The maximum Gasteiger partial charge on any atom is 0.296 e. The van der Waals surface area contributed by atoms with Crippen LogP contribution in [0.2, 0.25) is 0 Å². The summed E-state index contributed by atoms with van der Waals surface area (Å²) >= 11 is 0. The van der Waals surface area contributed by atoms with E-state index in [4.69, 9.17) is 4.42 Å². The molecule has 29 heavy (non-hydrogen) atoms. The minimum absolute atomic E-state index is 0.0349. The highest BCUT2D eigenvalue weighted by Crippen LogP contribution is 2.40. The lowest BCUT2D eigenvalue weighted by Crippen LogP contribution is -2.29. The Hall–Kier alpha value is -3.67. The van der Waals surface area contributed by atoms with Crippen molar-refractivity contribution in [2.45, 2.75) is 26.4 Å². The predicted octanol–water partition coefficient (Wildman–Crippen LogP) is 3.91. The molecular weight excluding hydrogens is 368 g/mol. The number of aliphatic hydroxyl groups excluding tert-OH is 1. The predicted molar refractivity (Wildman–Crippen MR) is 107 cm³/mol. The van der Waals surface area contributed by atoms with Crippen molar-refractivity contribution >= 4 is 17.4 Å². The molecule has 1 aliphatic rings. The standard InChI is InChI=1S/C23H20N2O4/c1-14-5-6-15(2)17(12-14)21(26)19-20(18-4-3-11-29-18)25(23(28)22(19)27)13-16-7-9-24-10-8-16/h3-12,20,26H,13H2,1-2H3. The third-order valence-corrected chi connectivity index (χ3v) is 5.10. The summed E-state index contributed by atoms with van der Waals surface area (Å²) in [6, 6.07) is 11.8. The Morgan fingerprint density at radius 3 is 2.59 bits per heavy atom. The number of ketones is 1. The van der Waals surface area contributed by atoms with Gasteiger partial charge in [0.15, 0.2) is 0 Å². The summed E-state index contributed by atoms with van der Waals surface area (Å²) in [4.78, 5) is 31.3. The number of aliphatic hydroxyl groups is 1. The zero-order valence-electron chi connectivity index (χ0n) is 16.1. The minimum Gasteiger partial charge on any atom is -0.507 e. The van der Waals surface area contributed by atoms with Crippen LogP contribution in [0.15, 0.2) is 71.1 Å². The molecule has 146 valence electrons. The number of pyridine rings is 1. The van der Waals surface area contributed by atoms with E-state index in [9.17, 15) is 14.7 Å². The number of carbonyl (C=O) groups excluding carboxylic acids is 2. The van der Waals surface area contributed by atoms with Crippen LogP contribution in [0.3, 0.4) is 0 Å². The van der Waals surface area contributed by atoms with E-state index < -0.39 is 17.7 Å². The van der Waals surface area contributed by atoms with Gasteiger partial charge in [0.25, 0.3) is 11.7 Å². The molecule has 6 nitrogen and oxygen atoms in total. The van der Waals surface area contributed by atoms with Gasteiger partial charge in [-0.2, -0.15) is 0 Å². The zero-order chi connectivity index (χ0) is 20.5. The van der Waals surface area contributed by atoms with Gasteiger partial charge < -0.3 is 14.4 Å². The summed E-state index contributed by atoms with van der Waals surface area (Å²) < 4.78 is 5.55. The Bertz CT molecular complexity index is 1100. The highest BCUT2D eigenvalue weighted by atomic mass is 16.3. The molecule has 1 aliphatic heterocycles. The second kappa shape index (κ2) is 7.39. The van der Waals surface area contributed by atoms with Crippen LogP contribution in [-0.2, 0) is 16.1 Å². The molecule has 0 spiro atoms. The third kappa shape index (κ3) is 3.33. The van der Waals surface area contributed by atoms with Gasteiger partial charge in [-0.3, -0.25) is 14.6 Å². The molecule has 0 saturated carbocycles. The Balaban J connectivity index is 1.87. The molecular formula is C23H20N2O4. The third-order valence-electron chi connectivity index (χ3n) is 5.10. The van der Waals surface area contributed by atoms with Crippen molar-refractivity contribution in [2.24, 2.45) is 0 Å². The van der Waals surface area contributed by atoms with E-state index >= 15 is 0 Å². The minimum atomic E-state index is -0.807. The van der Waals surface area contributed by atoms with Crippen LogP contribution in [0.25, 0.3) is 5.76 Å². The van der Waals surface area contributed by atoms with Crippen LogP contribution in [0.5, 0.6) is 0 Å². The van der Waals surface area contributed by atoms with Crippen LogP contribution >= 0.6 is 0 Å². The quantitative estimate of drug-likeness (QED) is 0.416. The highest BCUT2D eigenvalue weighted by molar-refractivity contribution is 6.46. The maximum absolute atomic E-state index is 13.0. The molecule has 1 atom stereocenters. The van der Waals surface area contributed by atoms with E-state index in [1.54, 1.807) is 42.7 Å². The van der Waals surface area contributed by atoms with Crippen LogP contribution in [0, 0.1) is 13.8 Å². The van der Waals surface area contributed by atoms with Gasteiger partial charge in [0.2, 0.25) is 0 Å². The number of hydrogen-bond donors (Lipinski definition) is 1. The summed E-state index contributed by atoms with van der Waals surface area (Å²) in [5, 5.41) is 11.1. The van der Waals surface area contributed by atoms with Crippen LogP contribution in [0.4, 0.5) is 0 Å². The molecule has 3 heterocycles. The fraction of sp³-hybridized carbons (Fsp3) is 0.174. The van der Waals surface area contributed by atoms with E-state index in [-0.39, 0.29) is 17.9 Å². The Labute approximate surface area is 168 Å². The molecule has 1 fully saturated rings. The van der Waals surface area contributed by atoms with E-state index in [0.717, 1.165) is 16.7 Å². The number of aromatic nitrogens is 1. The first-order valence-electron chi connectivity index (χ1n) is 9.25. The first kappa shape index (κ1) is 18.7. The van der Waals surface area contributed by atoms with Gasteiger partial charge in [-0.25, -0.2) is 0 Å². The Kier molecular flexibility index (Phi) is 4.76. The largest absolute Gasteiger partial charge is 0.507 e. The number of Topliss-reactive ketones (excluding diaryl/α,β-unsaturated/α-hetero) is 1. The van der Waals surface area contributed by atoms with Crippen LogP contribution in [0.1, 0.15) is 34.1 Å². The normalized spacial score (nSPS) is 18.4. The van der Waals surface area contributed by atoms with Gasteiger partial charge >= 0.3 is 0 Å². The summed E-state index contributed by atoms with van der Waals surface area (Å²) in [5.74, 6) is -1.16. The van der Waals surface area contributed by atoms with Crippen LogP contribution in [-0.4, -0.2) is 26.7 Å². The number of benzene rings is 1. The molecule has 3 aromatic rings. The topological polar surface area (TPSA) is 83.6 Å². The van der Waals surface area contributed by atoms with E-state index in [0.29, 0.717) is 11.3 Å². The van der Waals surface area contributed by atoms with E-state index in [1.807, 2.05) is 26.0 Å². The zero-order valence-corrected chi connectivity index (χ0v) is 16.1. The summed E-state index contributed by atoms with van der Waals surface area (Å²) in [6.45, 7) is 3.95. The fourth-order valence-electron chi connectivity index (χ4n) is 3.61. The number of aryl methyl sites for hydroxylation is 2. The SMILES string of the molecule is Cc1ccc(C)c(C(O)=C2C(=O)C(=O)N(Cc3ccncc3)C2c2ccco2)c1. The monoisotopic (exact) mass is 388 g/mol. The number of likely N-dealkylation sites (tertiary alicyclic amines) is 1. The van der Waals surface area contributed by atoms with Crippen molar-refractivity contribution in [3.05, 3.63) is 94.7 Å². The summed E-state index contributed by atoms with van der Waals surface area (Å²) in [7, 11) is 0. The number of nitrogens with zero attached hydrogens (tertiary/aromatic N) is 2. The molecule has 1 amide bonds. The number of carbonyl (C=O) groups is 2. The molecule has 4 rings (SSSR count). The lowest BCUT2D eigenvalue weighted by atomic mass is 9.96. The first-order valence-corrected chi connectivity index (χ1v) is 9.25. The summed E-state index contributed by atoms with van der Waals surface area (Å²) in [6.07, 6.45) is 4.74.